The smallest absolute Gasteiger partial charge is 0.406 e. The van der Waals surface area contributed by atoms with Gasteiger partial charge in [-0.15, -0.1) is 0 Å². The van der Waals surface area contributed by atoms with Gasteiger partial charge in [0.25, 0.3) is 0 Å². The molecule has 0 N–H and O–H groups in total. The zero-order valence-corrected chi connectivity index (χ0v) is 16.7. The molecule has 1 heterocycles. The molecule has 0 radical (unpaired) electrons. The summed E-state index contributed by atoms with van der Waals surface area (Å²) >= 11 is 0. The number of hydrogen-bond donors (Lipinski definition) is 0. The number of methoxy groups -OCH3 is 1. The molecule has 0 fully saturated rings. The van der Waals surface area contributed by atoms with Crippen LogP contribution < -0.4 is 4.74 Å². The summed E-state index contributed by atoms with van der Waals surface area (Å²) in [4.78, 5) is 5.21. The molecule has 1 aromatic heterocycles. The summed E-state index contributed by atoms with van der Waals surface area (Å²) in [7, 11) is 1.51. The van der Waals surface area contributed by atoms with Gasteiger partial charge in [0.1, 0.15) is 12.3 Å². The monoisotopic (exact) mass is 382 g/mol. The molecular formula is C21H29F3N2O. The molecule has 6 heteroatoms. The minimum atomic E-state index is -4.34. The molecule has 0 amide bonds. The highest BCUT2D eigenvalue weighted by molar-refractivity contribution is 5.76. The van der Waals surface area contributed by atoms with E-state index in [0.29, 0.717) is 34.2 Å². The lowest BCUT2D eigenvalue weighted by molar-refractivity contribution is -0.139. The fourth-order valence-electron chi connectivity index (χ4n) is 2.96. The van der Waals surface area contributed by atoms with Crippen molar-refractivity contribution in [3.8, 4) is 5.75 Å². The van der Waals surface area contributed by atoms with Crippen LogP contribution in [-0.2, 0) is 0 Å². The first-order chi connectivity index (χ1) is 12.5. The summed E-state index contributed by atoms with van der Waals surface area (Å²) in [6, 6.07) is 1.72. The summed E-state index contributed by atoms with van der Waals surface area (Å²) in [6.07, 6.45) is 1.17. The van der Waals surface area contributed by atoms with E-state index in [9.17, 15) is 13.2 Å². The molecule has 3 nitrogen and oxygen atoms in total. The minimum Gasteiger partial charge on any atom is -0.494 e. The van der Waals surface area contributed by atoms with Crippen LogP contribution in [-0.4, -0.2) is 29.7 Å². The van der Waals surface area contributed by atoms with Crippen LogP contribution in [0.1, 0.15) is 39.7 Å². The maximum Gasteiger partial charge on any atom is 0.406 e. The summed E-state index contributed by atoms with van der Waals surface area (Å²) in [5.41, 5.74) is 2.10. The number of ether oxygens (including phenoxy) is 1. The number of alkyl halides is 3. The maximum atomic E-state index is 13.2. The van der Waals surface area contributed by atoms with E-state index < -0.39 is 12.7 Å². The Hall–Kier alpha value is -2.24. The molecule has 1 rings (SSSR count). The predicted molar refractivity (Wildman–Crippen MR) is 104 cm³/mol. The van der Waals surface area contributed by atoms with Crippen LogP contribution in [0.3, 0.4) is 0 Å². The SMILES string of the molecule is C=C(/C=C(\C)N(CC(F)(F)F)C(=C)[C@H](C)CC(C)C)c1ccncc1OC. The molecule has 0 saturated heterocycles. The second-order valence-corrected chi connectivity index (χ2v) is 7.11. The molecule has 0 aromatic carbocycles. The number of allylic oxidation sites excluding steroid dienone is 4. The Balaban J connectivity index is 3.18. The first-order valence-electron chi connectivity index (χ1n) is 8.85. The van der Waals surface area contributed by atoms with Crippen LogP contribution in [0.5, 0.6) is 5.75 Å². The average molecular weight is 382 g/mol. The normalized spacial score (nSPS) is 13.4. The van der Waals surface area contributed by atoms with Crippen LogP contribution in [0, 0.1) is 11.8 Å². The summed E-state index contributed by atoms with van der Waals surface area (Å²) in [5.74, 6) is 0.810. The standard InChI is InChI=1S/C21H29F3N2O/c1-14(2)10-15(3)18(6)26(13-21(22,23)24)17(5)11-16(4)19-8-9-25-12-20(19)27-7/h8-9,11-12,14-15H,4,6,10,13H2,1-3,5,7H3/b17-11+/t15-/m1/s1. The van der Waals surface area contributed by atoms with Gasteiger partial charge in [-0.25, -0.2) is 0 Å². The van der Waals surface area contributed by atoms with Gasteiger partial charge >= 0.3 is 6.18 Å². The van der Waals surface area contributed by atoms with Crippen molar-refractivity contribution in [2.45, 2.75) is 40.3 Å². The lowest BCUT2D eigenvalue weighted by Crippen LogP contribution is -2.34. The Kier molecular flexibility index (Phi) is 8.13. The molecule has 1 aromatic rings. The highest BCUT2D eigenvalue weighted by Crippen LogP contribution is 2.31. The second-order valence-electron chi connectivity index (χ2n) is 7.11. The van der Waals surface area contributed by atoms with Gasteiger partial charge in [0.2, 0.25) is 0 Å². The van der Waals surface area contributed by atoms with E-state index in [-0.39, 0.29) is 5.92 Å². The zero-order chi connectivity index (χ0) is 20.8. The van der Waals surface area contributed by atoms with Crippen molar-refractivity contribution in [1.29, 1.82) is 0 Å². The molecule has 0 aliphatic rings. The van der Waals surface area contributed by atoms with E-state index in [4.69, 9.17) is 4.74 Å². The number of halogens is 3. The first-order valence-corrected chi connectivity index (χ1v) is 8.85. The van der Waals surface area contributed by atoms with Crippen LogP contribution in [0.25, 0.3) is 5.57 Å². The van der Waals surface area contributed by atoms with E-state index in [2.05, 4.69) is 18.1 Å². The molecule has 0 aliphatic heterocycles. The Morgan fingerprint density at radius 1 is 1.30 bits per heavy atom. The van der Waals surface area contributed by atoms with Crippen LogP contribution in [0.15, 0.2) is 49.1 Å². The number of aromatic nitrogens is 1. The van der Waals surface area contributed by atoms with Crippen molar-refractivity contribution in [3.63, 3.8) is 0 Å². The van der Waals surface area contributed by atoms with Gasteiger partial charge in [0, 0.05) is 23.2 Å². The van der Waals surface area contributed by atoms with Crippen molar-refractivity contribution in [3.05, 3.63) is 54.7 Å². The van der Waals surface area contributed by atoms with E-state index >= 15 is 0 Å². The lowest BCUT2D eigenvalue weighted by Gasteiger charge is -2.32. The summed E-state index contributed by atoms with van der Waals surface area (Å²) < 4.78 is 44.8. The van der Waals surface area contributed by atoms with Crippen LogP contribution in [0.2, 0.25) is 0 Å². The van der Waals surface area contributed by atoms with Crippen molar-refractivity contribution in [1.82, 2.24) is 9.88 Å². The molecule has 27 heavy (non-hydrogen) atoms. The van der Waals surface area contributed by atoms with Crippen molar-refractivity contribution in [2.24, 2.45) is 11.8 Å². The molecule has 0 unspecified atom stereocenters. The zero-order valence-electron chi connectivity index (χ0n) is 16.7. The van der Waals surface area contributed by atoms with Crippen molar-refractivity contribution in [2.75, 3.05) is 13.7 Å². The van der Waals surface area contributed by atoms with E-state index in [1.54, 1.807) is 31.5 Å². The fourth-order valence-corrected chi connectivity index (χ4v) is 2.96. The van der Waals surface area contributed by atoms with E-state index in [1.165, 1.54) is 12.0 Å². The molecule has 1 atom stereocenters. The van der Waals surface area contributed by atoms with Gasteiger partial charge in [0.05, 0.1) is 13.3 Å². The fraction of sp³-hybridized carbons (Fsp3) is 0.476. The van der Waals surface area contributed by atoms with Gasteiger partial charge in [-0.3, -0.25) is 4.98 Å². The van der Waals surface area contributed by atoms with Crippen molar-refractivity contribution < 1.29 is 17.9 Å². The lowest BCUT2D eigenvalue weighted by atomic mass is 9.95. The average Bonchev–Trinajstić information content (AvgIpc) is 2.57. The highest BCUT2D eigenvalue weighted by atomic mass is 19.4. The van der Waals surface area contributed by atoms with Crippen LogP contribution >= 0.6 is 0 Å². The number of rotatable bonds is 9. The highest BCUT2D eigenvalue weighted by Gasteiger charge is 2.33. The van der Waals surface area contributed by atoms with Crippen molar-refractivity contribution >= 4 is 5.57 Å². The van der Waals surface area contributed by atoms with E-state index in [0.717, 1.165) is 6.42 Å². The molecule has 150 valence electrons. The molecule has 0 saturated carbocycles. The van der Waals surface area contributed by atoms with Gasteiger partial charge in [-0.1, -0.05) is 33.9 Å². The topological polar surface area (TPSA) is 25.4 Å². The van der Waals surface area contributed by atoms with Gasteiger partial charge < -0.3 is 9.64 Å². The number of hydrogen-bond acceptors (Lipinski definition) is 3. The third kappa shape index (κ3) is 7.12. The third-order valence-electron chi connectivity index (χ3n) is 4.24. The molecule has 0 spiro atoms. The number of nitrogens with zero attached hydrogens (tertiary/aromatic N) is 2. The molecule has 0 aliphatic carbocycles. The van der Waals surface area contributed by atoms with Crippen LogP contribution in [0.4, 0.5) is 13.2 Å². The molecular weight excluding hydrogens is 353 g/mol. The maximum absolute atomic E-state index is 13.2. The Morgan fingerprint density at radius 3 is 2.44 bits per heavy atom. The summed E-state index contributed by atoms with van der Waals surface area (Å²) in [6.45, 7) is 14.5. The largest absolute Gasteiger partial charge is 0.494 e. The minimum absolute atomic E-state index is 0.0700. The van der Waals surface area contributed by atoms with Gasteiger partial charge in [-0.2, -0.15) is 13.2 Å². The summed E-state index contributed by atoms with van der Waals surface area (Å²) in [5, 5.41) is 0. The predicted octanol–water partition coefficient (Wildman–Crippen LogP) is 6.07. The van der Waals surface area contributed by atoms with Gasteiger partial charge in [-0.05, 0) is 42.9 Å². The number of pyridine rings is 1. The Morgan fingerprint density at radius 2 is 1.93 bits per heavy atom. The first kappa shape index (κ1) is 22.8. The third-order valence-corrected chi connectivity index (χ3v) is 4.24. The second kappa shape index (κ2) is 9.62. The van der Waals surface area contributed by atoms with Gasteiger partial charge in [0.15, 0.2) is 0 Å². The molecule has 0 bridgehead atoms. The Bertz CT molecular complexity index is 693. The quantitative estimate of drug-likeness (QED) is 0.485. The Labute approximate surface area is 160 Å². The van der Waals surface area contributed by atoms with E-state index in [1.807, 2.05) is 20.8 Å².